The van der Waals surface area contributed by atoms with Crippen LogP contribution in [0, 0.1) is 6.92 Å². The Labute approximate surface area is 96.2 Å². The van der Waals surface area contributed by atoms with Gasteiger partial charge in [-0.2, -0.15) is 0 Å². The van der Waals surface area contributed by atoms with Crippen LogP contribution in [0.5, 0.6) is 5.75 Å². The highest BCUT2D eigenvalue weighted by Crippen LogP contribution is 2.25. The number of hydrogen-bond donors (Lipinski definition) is 1. The first-order chi connectivity index (χ1) is 7.13. The number of methoxy groups -OCH3 is 1. The van der Waals surface area contributed by atoms with Crippen molar-refractivity contribution in [2.24, 2.45) is 5.73 Å². The second kappa shape index (κ2) is 6.03. The van der Waals surface area contributed by atoms with Crippen molar-refractivity contribution >= 4 is 11.8 Å². The molecule has 1 aromatic carbocycles. The predicted octanol–water partition coefficient (Wildman–Crippen LogP) is 2.83. The Kier molecular flexibility index (Phi) is 4.99. The highest BCUT2D eigenvalue weighted by molar-refractivity contribution is 7.99. The van der Waals surface area contributed by atoms with Crippen LogP contribution < -0.4 is 10.5 Å². The molecule has 0 bridgehead atoms. The molecule has 0 aromatic heterocycles. The van der Waals surface area contributed by atoms with E-state index >= 15 is 0 Å². The number of rotatable bonds is 5. The first kappa shape index (κ1) is 12.4. The van der Waals surface area contributed by atoms with Crippen LogP contribution in [0.25, 0.3) is 0 Å². The van der Waals surface area contributed by atoms with Crippen LogP contribution in [0.3, 0.4) is 0 Å². The third kappa shape index (κ3) is 4.14. The minimum Gasteiger partial charge on any atom is -0.496 e. The molecule has 15 heavy (non-hydrogen) atoms. The second-order valence-electron chi connectivity index (χ2n) is 3.75. The minimum atomic E-state index is 0.289. The molecule has 0 radical (unpaired) electrons. The van der Waals surface area contributed by atoms with Gasteiger partial charge in [-0.3, -0.25) is 0 Å². The highest BCUT2D eigenvalue weighted by atomic mass is 32.2. The Balaban J connectivity index is 2.52. The summed E-state index contributed by atoms with van der Waals surface area (Å²) in [5.41, 5.74) is 6.88. The maximum absolute atomic E-state index is 5.70. The van der Waals surface area contributed by atoms with E-state index in [0.717, 1.165) is 17.9 Å². The van der Waals surface area contributed by atoms with Crippen LogP contribution in [0.15, 0.2) is 23.1 Å². The Morgan fingerprint density at radius 3 is 2.73 bits per heavy atom. The number of benzene rings is 1. The van der Waals surface area contributed by atoms with Crippen molar-refractivity contribution in [3.8, 4) is 5.75 Å². The topological polar surface area (TPSA) is 35.2 Å². The summed E-state index contributed by atoms with van der Waals surface area (Å²) in [6, 6.07) is 6.56. The molecule has 0 aliphatic rings. The summed E-state index contributed by atoms with van der Waals surface area (Å²) in [5.74, 6) is 2.02. The minimum absolute atomic E-state index is 0.289. The second-order valence-corrected chi connectivity index (χ2v) is 4.91. The molecule has 0 saturated heterocycles. The quantitative estimate of drug-likeness (QED) is 0.783. The molecule has 1 atom stereocenters. The molecule has 0 aliphatic heterocycles. The van der Waals surface area contributed by atoms with Crippen molar-refractivity contribution < 1.29 is 4.74 Å². The van der Waals surface area contributed by atoms with Gasteiger partial charge in [-0.05, 0) is 49.8 Å². The lowest BCUT2D eigenvalue weighted by Crippen LogP contribution is -2.15. The van der Waals surface area contributed by atoms with Gasteiger partial charge in [0.15, 0.2) is 0 Å². The maximum atomic E-state index is 5.70. The SMILES string of the molecule is COc1ccc(SCCC(C)N)cc1C. The van der Waals surface area contributed by atoms with Gasteiger partial charge in [-0.1, -0.05) is 0 Å². The standard InChI is InChI=1S/C12H19NOS/c1-9-8-11(4-5-12(9)14-3)15-7-6-10(2)13/h4-5,8,10H,6-7,13H2,1-3H3. The van der Waals surface area contributed by atoms with E-state index in [4.69, 9.17) is 10.5 Å². The van der Waals surface area contributed by atoms with Gasteiger partial charge in [-0.25, -0.2) is 0 Å². The molecule has 0 amide bonds. The molecule has 2 nitrogen and oxygen atoms in total. The Hall–Kier alpha value is -0.670. The van der Waals surface area contributed by atoms with Crippen LogP contribution >= 0.6 is 11.8 Å². The van der Waals surface area contributed by atoms with Gasteiger partial charge in [-0.15, -0.1) is 11.8 Å². The van der Waals surface area contributed by atoms with Gasteiger partial charge >= 0.3 is 0 Å². The summed E-state index contributed by atoms with van der Waals surface area (Å²) in [6.45, 7) is 4.11. The predicted molar refractivity (Wildman–Crippen MR) is 66.7 cm³/mol. The number of nitrogens with two attached hydrogens (primary N) is 1. The fraction of sp³-hybridized carbons (Fsp3) is 0.500. The van der Waals surface area contributed by atoms with E-state index in [1.54, 1.807) is 7.11 Å². The Morgan fingerprint density at radius 2 is 2.20 bits per heavy atom. The molecule has 0 heterocycles. The molecule has 1 aromatic rings. The zero-order chi connectivity index (χ0) is 11.3. The van der Waals surface area contributed by atoms with Crippen LogP contribution in [-0.2, 0) is 0 Å². The van der Waals surface area contributed by atoms with E-state index in [2.05, 4.69) is 19.1 Å². The fourth-order valence-corrected chi connectivity index (χ4v) is 2.45. The van der Waals surface area contributed by atoms with Gasteiger partial charge in [0, 0.05) is 10.9 Å². The van der Waals surface area contributed by atoms with Gasteiger partial charge < -0.3 is 10.5 Å². The molecule has 3 heteroatoms. The van der Waals surface area contributed by atoms with Crippen molar-refractivity contribution in [3.05, 3.63) is 23.8 Å². The lowest BCUT2D eigenvalue weighted by molar-refractivity contribution is 0.411. The number of thioether (sulfide) groups is 1. The molecular formula is C12H19NOS. The van der Waals surface area contributed by atoms with Crippen LogP contribution in [0.2, 0.25) is 0 Å². The average Bonchev–Trinajstić information content (AvgIpc) is 2.17. The van der Waals surface area contributed by atoms with Gasteiger partial charge in [0.1, 0.15) is 5.75 Å². The molecule has 0 spiro atoms. The van der Waals surface area contributed by atoms with Crippen LogP contribution in [0.4, 0.5) is 0 Å². The summed E-state index contributed by atoms with van der Waals surface area (Å²) >= 11 is 1.85. The van der Waals surface area contributed by atoms with Gasteiger partial charge in [0.2, 0.25) is 0 Å². The normalized spacial score (nSPS) is 12.5. The molecule has 1 unspecified atom stereocenters. The van der Waals surface area contributed by atoms with Crippen molar-refractivity contribution in [1.29, 1.82) is 0 Å². The van der Waals surface area contributed by atoms with E-state index in [1.165, 1.54) is 10.5 Å². The number of hydrogen-bond acceptors (Lipinski definition) is 3. The first-order valence-electron chi connectivity index (χ1n) is 5.16. The molecule has 0 aliphatic carbocycles. The summed E-state index contributed by atoms with van der Waals surface area (Å²) in [4.78, 5) is 1.29. The lowest BCUT2D eigenvalue weighted by Gasteiger charge is -2.08. The fourth-order valence-electron chi connectivity index (χ4n) is 1.30. The summed E-state index contributed by atoms with van der Waals surface area (Å²) in [6.07, 6.45) is 1.05. The smallest absolute Gasteiger partial charge is 0.121 e. The average molecular weight is 225 g/mol. The van der Waals surface area contributed by atoms with Gasteiger partial charge in [0.05, 0.1) is 7.11 Å². The molecule has 1 rings (SSSR count). The van der Waals surface area contributed by atoms with E-state index < -0.39 is 0 Å². The molecule has 84 valence electrons. The Morgan fingerprint density at radius 1 is 1.47 bits per heavy atom. The van der Waals surface area contributed by atoms with E-state index in [9.17, 15) is 0 Å². The van der Waals surface area contributed by atoms with Crippen LogP contribution in [-0.4, -0.2) is 18.9 Å². The van der Waals surface area contributed by atoms with E-state index in [0.29, 0.717) is 0 Å². The molecule has 0 saturated carbocycles. The third-order valence-electron chi connectivity index (χ3n) is 2.21. The van der Waals surface area contributed by atoms with Crippen LogP contribution in [0.1, 0.15) is 18.9 Å². The lowest BCUT2D eigenvalue weighted by atomic mass is 10.2. The summed E-state index contributed by atoms with van der Waals surface area (Å²) in [7, 11) is 1.70. The van der Waals surface area contributed by atoms with Crippen molar-refractivity contribution in [1.82, 2.24) is 0 Å². The van der Waals surface area contributed by atoms with E-state index in [1.807, 2.05) is 24.8 Å². The van der Waals surface area contributed by atoms with Gasteiger partial charge in [0.25, 0.3) is 0 Å². The summed E-state index contributed by atoms with van der Waals surface area (Å²) < 4.78 is 5.21. The molecule has 0 fully saturated rings. The highest BCUT2D eigenvalue weighted by Gasteiger charge is 2.01. The molecule has 2 N–H and O–H groups in total. The third-order valence-corrected chi connectivity index (χ3v) is 3.24. The monoisotopic (exact) mass is 225 g/mol. The van der Waals surface area contributed by atoms with Crippen molar-refractivity contribution in [3.63, 3.8) is 0 Å². The summed E-state index contributed by atoms with van der Waals surface area (Å²) in [5, 5.41) is 0. The Bertz CT molecular complexity index is 312. The zero-order valence-corrected chi connectivity index (χ0v) is 10.4. The molecular weight excluding hydrogens is 206 g/mol. The van der Waals surface area contributed by atoms with Crippen molar-refractivity contribution in [2.45, 2.75) is 31.2 Å². The number of ether oxygens (including phenoxy) is 1. The number of aryl methyl sites for hydroxylation is 1. The zero-order valence-electron chi connectivity index (χ0n) is 9.62. The largest absolute Gasteiger partial charge is 0.496 e. The van der Waals surface area contributed by atoms with Crippen molar-refractivity contribution in [2.75, 3.05) is 12.9 Å². The first-order valence-corrected chi connectivity index (χ1v) is 6.15. The van der Waals surface area contributed by atoms with E-state index in [-0.39, 0.29) is 6.04 Å². The maximum Gasteiger partial charge on any atom is 0.121 e.